The van der Waals surface area contributed by atoms with Crippen LogP contribution in [0.4, 0.5) is 0 Å². The topological polar surface area (TPSA) is 51.7 Å². The summed E-state index contributed by atoms with van der Waals surface area (Å²) in [5.41, 5.74) is 2.54. The zero-order chi connectivity index (χ0) is 19.3. The molecule has 2 aliphatic heterocycles. The highest BCUT2D eigenvalue weighted by atomic mass is 32.2. The number of nitrogens with zero attached hydrogens (tertiary/aromatic N) is 2. The fourth-order valence-corrected chi connectivity index (χ4v) is 4.94. The van der Waals surface area contributed by atoms with Gasteiger partial charge in [-0.2, -0.15) is 0 Å². The second-order valence-electron chi connectivity index (χ2n) is 7.35. The average molecular weight is 399 g/mol. The van der Waals surface area contributed by atoms with E-state index in [0.29, 0.717) is 18.2 Å². The molecule has 0 spiro atoms. The molecule has 1 fully saturated rings. The number of ether oxygens (including phenoxy) is 2. The van der Waals surface area contributed by atoms with Crippen LogP contribution in [0.1, 0.15) is 24.0 Å². The van der Waals surface area contributed by atoms with Gasteiger partial charge in [-0.05, 0) is 60.6 Å². The first-order valence-corrected chi connectivity index (χ1v) is 10.8. The third-order valence-electron chi connectivity index (χ3n) is 5.73. The van der Waals surface area contributed by atoms with Crippen molar-refractivity contribution in [3.8, 4) is 5.75 Å². The first-order valence-electron chi connectivity index (χ1n) is 9.80. The van der Waals surface area contributed by atoms with Crippen molar-refractivity contribution < 1.29 is 14.3 Å². The summed E-state index contributed by atoms with van der Waals surface area (Å²) in [6.45, 7) is 2.26. The Hall–Kier alpha value is -2.05. The third-order valence-corrected chi connectivity index (χ3v) is 6.72. The quantitative estimate of drug-likeness (QED) is 0.721. The van der Waals surface area contributed by atoms with Gasteiger partial charge in [-0.15, -0.1) is 11.8 Å². The highest BCUT2D eigenvalue weighted by Crippen LogP contribution is 2.34. The lowest BCUT2D eigenvalue weighted by atomic mass is 9.82. The Morgan fingerprint density at radius 2 is 2.00 bits per heavy atom. The lowest BCUT2D eigenvalue weighted by Gasteiger charge is -2.42. The molecule has 2 aromatic rings. The number of pyridine rings is 1. The number of amides is 1. The number of hydrogen-bond acceptors (Lipinski definition) is 5. The molecule has 2 aliphatic rings. The zero-order valence-electron chi connectivity index (χ0n) is 16.2. The van der Waals surface area contributed by atoms with Crippen LogP contribution in [0.2, 0.25) is 0 Å². The standard InChI is InChI=1S/C22H26N2O3S/c1-26-19-3-2-17-14-24(22(25)15-28-20-4-8-23-9-5-20)21(13-18(17)12-19)16-6-10-27-11-7-16/h2-5,8-9,12,16,21H,6-7,10-11,13-15H2,1H3/t21-/m1/s1. The monoisotopic (exact) mass is 398 g/mol. The molecule has 28 heavy (non-hydrogen) atoms. The van der Waals surface area contributed by atoms with Crippen LogP contribution in [0, 0.1) is 5.92 Å². The van der Waals surface area contributed by atoms with E-state index in [4.69, 9.17) is 9.47 Å². The van der Waals surface area contributed by atoms with E-state index >= 15 is 0 Å². The largest absolute Gasteiger partial charge is 0.497 e. The van der Waals surface area contributed by atoms with Crippen molar-refractivity contribution in [2.24, 2.45) is 5.92 Å². The molecule has 3 heterocycles. The van der Waals surface area contributed by atoms with Crippen LogP contribution in [0.3, 0.4) is 0 Å². The highest BCUT2D eigenvalue weighted by Gasteiger charge is 2.35. The van der Waals surface area contributed by atoms with E-state index in [1.807, 2.05) is 18.2 Å². The summed E-state index contributed by atoms with van der Waals surface area (Å²) >= 11 is 1.58. The molecular weight excluding hydrogens is 372 g/mol. The van der Waals surface area contributed by atoms with Crippen LogP contribution in [0.15, 0.2) is 47.6 Å². The molecule has 0 radical (unpaired) electrons. The molecule has 148 valence electrons. The van der Waals surface area contributed by atoms with E-state index in [1.165, 1.54) is 11.1 Å². The number of hydrogen-bond donors (Lipinski definition) is 0. The summed E-state index contributed by atoms with van der Waals surface area (Å²) in [6, 6.07) is 10.4. The van der Waals surface area contributed by atoms with Gasteiger partial charge in [0, 0.05) is 43.1 Å². The Balaban J connectivity index is 1.53. The van der Waals surface area contributed by atoms with E-state index < -0.39 is 0 Å². The summed E-state index contributed by atoms with van der Waals surface area (Å²) in [6.07, 6.45) is 6.46. The summed E-state index contributed by atoms with van der Waals surface area (Å²) in [7, 11) is 1.70. The Morgan fingerprint density at radius 1 is 1.21 bits per heavy atom. The molecule has 4 rings (SSSR count). The molecule has 0 saturated carbocycles. The van der Waals surface area contributed by atoms with Crippen LogP contribution >= 0.6 is 11.8 Å². The number of thioether (sulfide) groups is 1. The molecule has 0 unspecified atom stereocenters. The fraction of sp³-hybridized carbons (Fsp3) is 0.455. The van der Waals surface area contributed by atoms with Gasteiger partial charge in [0.25, 0.3) is 0 Å². The fourth-order valence-electron chi connectivity index (χ4n) is 4.17. The zero-order valence-corrected chi connectivity index (χ0v) is 17.0. The Morgan fingerprint density at radius 3 is 2.75 bits per heavy atom. The Bertz CT molecular complexity index is 809. The van der Waals surface area contributed by atoms with Gasteiger partial charge in [-0.25, -0.2) is 0 Å². The number of carbonyl (C=O) groups is 1. The molecular formula is C22H26N2O3S. The van der Waals surface area contributed by atoms with Crippen LogP contribution in [0.25, 0.3) is 0 Å². The molecule has 5 nitrogen and oxygen atoms in total. The predicted molar refractivity (Wildman–Crippen MR) is 110 cm³/mol. The lowest BCUT2D eigenvalue weighted by molar-refractivity contribution is -0.134. The second-order valence-corrected chi connectivity index (χ2v) is 8.40. The molecule has 1 amide bonds. The van der Waals surface area contributed by atoms with Gasteiger partial charge in [-0.1, -0.05) is 6.07 Å². The van der Waals surface area contributed by atoms with E-state index in [2.05, 4.69) is 22.0 Å². The van der Waals surface area contributed by atoms with Crippen molar-refractivity contribution in [3.63, 3.8) is 0 Å². The third kappa shape index (κ3) is 4.33. The molecule has 0 N–H and O–H groups in total. The maximum Gasteiger partial charge on any atom is 0.233 e. The number of aromatic nitrogens is 1. The van der Waals surface area contributed by atoms with Crippen molar-refractivity contribution >= 4 is 17.7 Å². The van der Waals surface area contributed by atoms with Crippen LogP contribution in [-0.2, 0) is 22.5 Å². The summed E-state index contributed by atoms with van der Waals surface area (Å²) in [4.78, 5) is 20.4. The van der Waals surface area contributed by atoms with Crippen LogP contribution < -0.4 is 4.74 Å². The normalized spacial score (nSPS) is 19.9. The minimum atomic E-state index is 0.208. The number of carbonyl (C=O) groups excluding carboxylic acids is 1. The van der Waals surface area contributed by atoms with Gasteiger partial charge in [0.05, 0.1) is 12.9 Å². The number of benzene rings is 1. The molecule has 1 saturated heterocycles. The number of rotatable bonds is 5. The van der Waals surface area contributed by atoms with Gasteiger partial charge in [0.1, 0.15) is 5.75 Å². The minimum absolute atomic E-state index is 0.208. The van der Waals surface area contributed by atoms with E-state index in [0.717, 1.165) is 43.1 Å². The Kier molecular flexibility index (Phi) is 6.17. The first-order chi connectivity index (χ1) is 13.7. The molecule has 1 aromatic carbocycles. The number of methoxy groups -OCH3 is 1. The molecule has 6 heteroatoms. The van der Waals surface area contributed by atoms with Crippen LogP contribution in [0.5, 0.6) is 5.75 Å². The van der Waals surface area contributed by atoms with E-state index in [1.54, 1.807) is 31.3 Å². The van der Waals surface area contributed by atoms with Gasteiger partial charge >= 0.3 is 0 Å². The summed E-state index contributed by atoms with van der Waals surface area (Å²) < 4.78 is 11.0. The van der Waals surface area contributed by atoms with Gasteiger partial charge < -0.3 is 14.4 Å². The summed E-state index contributed by atoms with van der Waals surface area (Å²) in [5, 5.41) is 0. The maximum absolute atomic E-state index is 13.2. The molecule has 0 aliphatic carbocycles. The first kappa shape index (κ1) is 19.3. The average Bonchev–Trinajstić information content (AvgIpc) is 2.77. The van der Waals surface area contributed by atoms with E-state index in [-0.39, 0.29) is 11.9 Å². The van der Waals surface area contributed by atoms with Crippen LogP contribution in [-0.4, -0.2) is 47.9 Å². The van der Waals surface area contributed by atoms with Crippen molar-refractivity contribution in [2.45, 2.75) is 36.7 Å². The van der Waals surface area contributed by atoms with Crippen molar-refractivity contribution in [3.05, 3.63) is 53.9 Å². The Labute approximate surface area is 170 Å². The van der Waals surface area contributed by atoms with Gasteiger partial charge in [0.2, 0.25) is 5.91 Å². The SMILES string of the molecule is COc1ccc2c(c1)C[C@H](C1CCOCC1)N(C(=O)CSc1ccncc1)C2. The minimum Gasteiger partial charge on any atom is -0.497 e. The lowest BCUT2D eigenvalue weighted by Crippen LogP contribution is -2.50. The van der Waals surface area contributed by atoms with Crippen molar-refractivity contribution in [2.75, 3.05) is 26.1 Å². The van der Waals surface area contributed by atoms with Crippen molar-refractivity contribution in [1.82, 2.24) is 9.88 Å². The molecule has 1 atom stereocenters. The smallest absolute Gasteiger partial charge is 0.233 e. The van der Waals surface area contributed by atoms with Gasteiger partial charge in [-0.3, -0.25) is 9.78 Å². The molecule has 0 bridgehead atoms. The highest BCUT2D eigenvalue weighted by molar-refractivity contribution is 8.00. The predicted octanol–water partition coefficient (Wildman–Crippen LogP) is 3.56. The molecule has 1 aromatic heterocycles. The van der Waals surface area contributed by atoms with Crippen molar-refractivity contribution in [1.29, 1.82) is 0 Å². The second kappa shape index (κ2) is 8.97. The van der Waals surface area contributed by atoms with Gasteiger partial charge in [0.15, 0.2) is 0 Å². The maximum atomic E-state index is 13.2. The summed E-state index contributed by atoms with van der Waals surface area (Å²) in [5.74, 6) is 2.04. The van der Waals surface area contributed by atoms with E-state index in [9.17, 15) is 4.79 Å². The number of fused-ring (bicyclic) bond motifs is 1.